The Kier molecular flexibility index (Phi) is 5.23. The van der Waals surface area contributed by atoms with Gasteiger partial charge in [0.1, 0.15) is 17.5 Å². The van der Waals surface area contributed by atoms with E-state index in [2.05, 4.69) is 36.8 Å². The van der Waals surface area contributed by atoms with Crippen LogP contribution in [-0.2, 0) is 6.42 Å². The van der Waals surface area contributed by atoms with Crippen molar-refractivity contribution in [2.75, 3.05) is 11.5 Å². The van der Waals surface area contributed by atoms with Crippen molar-refractivity contribution in [3.8, 4) is 6.07 Å². The average Bonchev–Trinajstić information content (AvgIpc) is 2.25. The molecule has 92 valence electrons. The third-order valence-corrected chi connectivity index (χ3v) is 3.19. The summed E-state index contributed by atoms with van der Waals surface area (Å²) in [5, 5.41) is 9.74. The van der Waals surface area contributed by atoms with Gasteiger partial charge in [-0.25, -0.2) is 9.97 Å². The summed E-state index contributed by atoms with van der Waals surface area (Å²) in [6, 6.07) is 2.09. The lowest BCUT2D eigenvalue weighted by atomic mass is 10.0. The van der Waals surface area contributed by atoms with Crippen LogP contribution in [0, 0.1) is 17.2 Å². The van der Waals surface area contributed by atoms with E-state index < -0.39 is 0 Å². The molecule has 1 aromatic rings. The van der Waals surface area contributed by atoms with Crippen LogP contribution in [0.1, 0.15) is 38.4 Å². The molecule has 1 heterocycles. The second-order valence-electron chi connectivity index (χ2n) is 4.27. The summed E-state index contributed by atoms with van der Waals surface area (Å²) >= 11 is 1.58. The van der Waals surface area contributed by atoms with Crippen LogP contribution in [-0.4, -0.2) is 15.7 Å². The summed E-state index contributed by atoms with van der Waals surface area (Å²) in [4.78, 5) is 8.59. The molecule has 0 unspecified atom stereocenters. The molecule has 0 saturated carbocycles. The van der Waals surface area contributed by atoms with Gasteiger partial charge in [0, 0.05) is 5.75 Å². The van der Waals surface area contributed by atoms with Crippen molar-refractivity contribution in [3.63, 3.8) is 0 Å². The van der Waals surface area contributed by atoms with Crippen LogP contribution in [0.2, 0.25) is 0 Å². The van der Waals surface area contributed by atoms with Gasteiger partial charge in [0.15, 0.2) is 5.16 Å². The second kappa shape index (κ2) is 6.45. The first-order chi connectivity index (χ1) is 8.08. The van der Waals surface area contributed by atoms with Gasteiger partial charge < -0.3 is 5.73 Å². The van der Waals surface area contributed by atoms with E-state index in [1.165, 1.54) is 0 Å². The molecule has 4 nitrogen and oxygen atoms in total. The Labute approximate surface area is 107 Å². The van der Waals surface area contributed by atoms with Crippen LogP contribution in [0.25, 0.3) is 0 Å². The smallest absolute Gasteiger partial charge is 0.189 e. The van der Waals surface area contributed by atoms with E-state index in [-0.39, 0.29) is 0 Å². The Bertz CT molecular complexity index is 423. The summed E-state index contributed by atoms with van der Waals surface area (Å²) < 4.78 is 0. The number of aromatic nitrogens is 2. The van der Waals surface area contributed by atoms with Crippen molar-refractivity contribution in [2.24, 2.45) is 5.92 Å². The van der Waals surface area contributed by atoms with Crippen LogP contribution in [0.3, 0.4) is 0 Å². The molecule has 1 rings (SSSR count). The molecule has 0 radical (unpaired) electrons. The van der Waals surface area contributed by atoms with Crippen molar-refractivity contribution in [2.45, 2.75) is 38.8 Å². The molecule has 0 spiro atoms. The molecule has 0 bridgehead atoms. The van der Waals surface area contributed by atoms with Crippen LogP contribution < -0.4 is 5.73 Å². The van der Waals surface area contributed by atoms with Gasteiger partial charge in [-0.15, -0.1) is 0 Å². The number of nitrogens with zero attached hydrogens (tertiary/aromatic N) is 3. The van der Waals surface area contributed by atoms with Gasteiger partial charge in [-0.2, -0.15) is 5.26 Å². The third-order valence-electron chi connectivity index (χ3n) is 2.14. The lowest BCUT2D eigenvalue weighted by molar-refractivity contribution is 0.627. The SMILES string of the molecule is CCCSc1nc(N)c(C#N)c(CC(C)C)n1. The largest absolute Gasteiger partial charge is 0.382 e. The number of hydrogen-bond acceptors (Lipinski definition) is 5. The standard InChI is InChI=1S/C12H18N4S/c1-4-5-17-12-15-10(6-8(2)3)9(7-13)11(14)16-12/h8H,4-6H2,1-3H3,(H2,14,15,16). The quantitative estimate of drug-likeness (QED) is 0.642. The number of rotatable bonds is 5. The highest BCUT2D eigenvalue weighted by atomic mass is 32.2. The first-order valence-electron chi connectivity index (χ1n) is 5.77. The maximum atomic E-state index is 9.06. The van der Waals surface area contributed by atoms with Gasteiger partial charge in [-0.3, -0.25) is 0 Å². The number of hydrogen-bond donors (Lipinski definition) is 1. The van der Waals surface area contributed by atoms with Crippen molar-refractivity contribution in [3.05, 3.63) is 11.3 Å². The third kappa shape index (κ3) is 3.90. The molecule has 0 fully saturated rings. The van der Waals surface area contributed by atoms with Gasteiger partial charge >= 0.3 is 0 Å². The molecule has 0 saturated heterocycles. The van der Waals surface area contributed by atoms with E-state index in [9.17, 15) is 0 Å². The average molecular weight is 250 g/mol. The second-order valence-corrected chi connectivity index (χ2v) is 5.33. The topological polar surface area (TPSA) is 75.6 Å². The Morgan fingerprint density at radius 1 is 1.41 bits per heavy atom. The number of nitrogens with two attached hydrogens (primary N) is 1. The predicted octanol–water partition coefficient (Wildman–Crippen LogP) is 2.63. The molecule has 0 aliphatic heterocycles. The molecule has 0 aliphatic carbocycles. The van der Waals surface area contributed by atoms with Crippen LogP contribution in [0.5, 0.6) is 0 Å². The van der Waals surface area contributed by atoms with Gasteiger partial charge in [0.25, 0.3) is 0 Å². The summed E-state index contributed by atoms with van der Waals surface area (Å²) in [5.74, 6) is 1.71. The molecule has 0 aliphatic rings. The van der Waals surface area contributed by atoms with E-state index in [0.717, 1.165) is 24.3 Å². The fourth-order valence-electron chi connectivity index (χ4n) is 1.42. The van der Waals surface area contributed by atoms with E-state index >= 15 is 0 Å². The normalized spacial score (nSPS) is 10.5. The van der Waals surface area contributed by atoms with E-state index in [0.29, 0.717) is 22.5 Å². The van der Waals surface area contributed by atoms with Crippen LogP contribution in [0.4, 0.5) is 5.82 Å². The predicted molar refractivity (Wildman–Crippen MR) is 70.7 cm³/mol. The van der Waals surface area contributed by atoms with Crippen LogP contribution in [0.15, 0.2) is 5.16 Å². The highest BCUT2D eigenvalue weighted by molar-refractivity contribution is 7.99. The fraction of sp³-hybridized carbons (Fsp3) is 0.583. The lowest BCUT2D eigenvalue weighted by Gasteiger charge is -2.09. The molecule has 0 atom stereocenters. The molecule has 0 aromatic carbocycles. The summed E-state index contributed by atoms with van der Waals surface area (Å²) in [6.45, 7) is 6.30. The molecular formula is C12H18N4S. The summed E-state index contributed by atoms with van der Waals surface area (Å²) in [5.41, 5.74) is 7.00. The van der Waals surface area contributed by atoms with Crippen molar-refractivity contribution >= 4 is 17.6 Å². The first kappa shape index (κ1) is 13.8. The summed E-state index contributed by atoms with van der Waals surface area (Å²) in [7, 11) is 0. The Morgan fingerprint density at radius 3 is 2.65 bits per heavy atom. The van der Waals surface area contributed by atoms with Crippen LogP contribution >= 0.6 is 11.8 Å². The zero-order valence-corrected chi connectivity index (χ0v) is 11.3. The number of nitrogen functional groups attached to an aromatic ring is 1. The lowest BCUT2D eigenvalue weighted by Crippen LogP contribution is -2.07. The Balaban J connectivity index is 3.06. The Morgan fingerprint density at radius 2 is 2.12 bits per heavy atom. The maximum absolute atomic E-state index is 9.06. The maximum Gasteiger partial charge on any atom is 0.189 e. The minimum atomic E-state index is 0.303. The van der Waals surface area contributed by atoms with E-state index in [1.54, 1.807) is 11.8 Å². The van der Waals surface area contributed by atoms with Gasteiger partial charge in [-0.05, 0) is 18.8 Å². The molecule has 1 aromatic heterocycles. The zero-order valence-electron chi connectivity index (χ0n) is 10.5. The zero-order chi connectivity index (χ0) is 12.8. The number of thioether (sulfide) groups is 1. The molecule has 0 amide bonds. The summed E-state index contributed by atoms with van der Waals surface area (Å²) in [6.07, 6.45) is 1.82. The van der Waals surface area contributed by atoms with Crippen molar-refractivity contribution < 1.29 is 0 Å². The highest BCUT2D eigenvalue weighted by Crippen LogP contribution is 2.21. The minimum Gasteiger partial charge on any atom is -0.382 e. The molecular weight excluding hydrogens is 232 g/mol. The molecule has 17 heavy (non-hydrogen) atoms. The van der Waals surface area contributed by atoms with E-state index in [4.69, 9.17) is 11.0 Å². The van der Waals surface area contributed by atoms with Gasteiger partial charge in [0.2, 0.25) is 0 Å². The number of nitriles is 1. The van der Waals surface area contributed by atoms with Gasteiger partial charge in [-0.1, -0.05) is 32.5 Å². The minimum absolute atomic E-state index is 0.303. The highest BCUT2D eigenvalue weighted by Gasteiger charge is 2.13. The molecule has 5 heteroatoms. The first-order valence-corrected chi connectivity index (χ1v) is 6.76. The monoisotopic (exact) mass is 250 g/mol. The fourth-order valence-corrected chi connectivity index (χ4v) is 2.14. The van der Waals surface area contributed by atoms with Gasteiger partial charge in [0.05, 0.1) is 5.69 Å². The van der Waals surface area contributed by atoms with Crippen molar-refractivity contribution in [1.82, 2.24) is 9.97 Å². The van der Waals surface area contributed by atoms with E-state index in [1.807, 2.05) is 0 Å². The number of anilines is 1. The molecule has 2 N–H and O–H groups in total. The Hall–Kier alpha value is -1.28. The van der Waals surface area contributed by atoms with Crippen molar-refractivity contribution in [1.29, 1.82) is 5.26 Å².